The van der Waals surface area contributed by atoms with E-state index in [2.05, 4.69) is 0 Å². The first-order chi connectivity index (χ1) is 10.6. The van der Waals surface area contributed by atoms with Crippen molar-refractivity contribution in [2.75, 3.05) is 0 Å². The average molecular weight is 296 g/mol. The summed E-state index contributed by atoms with van der Waals surface area (Å²) in [6.45, 7) is 3.88. The summed E-state index contributed by atoms with van der Waals surface area (Å²) in [4.78, 5) is 12.4. The fourth-order valence-corrected chi connectivity index (χ4v) is 2.12. The summed E-state index contributed by atoms with van der Waals surface area (Å²) in [5.74, 6) is 1.42. The third-order valence-electron chi connectivity index (χ3n) is 3.06. The van der Waals surface area contributed by atoms with Crippen molar-refractivity contribution in [2.45, 2.75) is 20.0 Å². The molecule has 0 amide bonds. The van der Waals surface area contributed by atoms with Crippen LogP contribution in [0.1, 0.15) is 13.8 Å². The van der Waals surface area contributed by atoms with Gasteiger partial charge in [0.15, 0.2) is 0 Å². The fraction of sp³-hybridized carbons (Fsp3) is 0.167. The predicted molar refractivity (Wildman–Crippen MR) is 84.8 cm³/mol. The molecule has 0 spiro atoms. The molecule has 2 aromatic carbocycles. The number of benzene rings is 2. The molecule has 112 valence electrons. The minimum Gasteiger partial charge on any atom is -0.491 e. The zero-order valence-electron chi connectivity index (χ0n) is 12.4. The van der Waals surface area contributed by atoms with Crippen molar-refractivity contribution in [3.63, 3.8) is 0 Å². The SMILES string of the molecule is CC(C)Oc1ccc2c(=O)c(Oc3ccccc3)coc2c1. The molecular formula is C18H16O4. The Labute approximate surface area is 127 Å². The van der Waals surface area contributed by atoms with E-state index in [9.17, 15) is 4.79 Å². The largest absolute Gasteiger partial charge is 0.491 e. The van der Waals surface area contributed by atoms with Gasteiger partial charge < -0.3 is 13.9 Å². The highest BCUT2D eigenvalue weighted by atomic mass is 16.5. The number of rotatable bonds is 4. The average Bonchev–Trinajstić information content (AvgIpc) is 2.50. The number of ether oxygens (including phenoxy) is 2. The lowest BCUT2D eigenvalue weighted by molar-refractivity contribution is 0.242. The second-order valence-corrected chi connectivity index (χ2v) is 5.17. The number of hydrogen-bond acceptors (Lipinski definition) is 4. The maximum absolute atomic E-state index is 12.4. The van der Waals surface area contributed by atoms with Crippen molar-refractivity contribution in [2.24, 2.45) is 0 Å². The molecule has 0 saturated heterocycles. The van der Waals surface area contributed by atoms with Crippen molar-refractivity contribution >= 4 is 11.0 Å². The van der Waals surface area contributed by atoms with Gasteiger partial charge in [-0.3, -0.25) is 4.79 Å². The maximum Gasteiger partial charge on any atom is 0.235 e. The molecule has 0 saturated carbocycles. The fourth-order valence-electron chi connectivity index (χ4n) is 2.12. The first kappa shape index (κ1) is 14.2. The van der Waals surface area contributed by atoms with Crippen LogP contribution < -0.4 is 14.9 Å². The molecule has 0 bridgehead atoms. The molecule has 0 aliphatic heterocycles. The standard InChI is InChI=1S/C18H16O4/c1-12(2)21-14-8-9-15-16(10-14)20-11-17(18(15)19)22-13-6-4-3-5-7-13/h3-12H,1-2H3. The normalized spacial score (nSPS) is 10.9. The first-order valence-electron chi connectivity index (χ1n) is 7.08. The Morgan fingerprint density at radius 1 is 1.00 bits per heavy atom. The lowest BCUT2D eigenvalue weighted by Crippen LogP contribution is -2.07. The van der Waals surface area contributed by atoms with E-state index in [-0.39, 0.29) is 17.3 Å². The summed E-state index contributed by atoms with van der Waals surface area (Å²) in [7, 11) is 0. The van der Waals surface area contributed by atoms with Gasteiger partial charge in [-0.15, -0.1) is 0 Å². The van der Waals surface area contributed by atoms with Crippen LogP contribution in [-0.2, 0) is 0 Å². The van der Waals surface area contributed by atoms with Gasteiger partial charge in [0.25, 0.3) is 0 Å². The Kier molecular flexibility index (Phi) is 3.83. The lowest BCUT2D eigenvalue weighted by Gasteiger charge is -2.10. The number of fused-ring (bicyclic) bond motifs is 1. The molecule has 0 N–H and O–H groups in total. The van der Waals surface area contributed by atoms with Crippen molar-refractivity contribution in [3.8, 4) is 17.2 Å². The van der Waals surface area contributed by atoms with Crippen LogP contribution in [0, 0.1) is 0 Å². The van der Waals surface area contributed by atoms with Gasteiger partial charge in [0.2, 0.25) is 11.2 Å². The molecule has 0 aliphatic rings. The summed E-state index contributed by atoms with van der Waals surface area (Å²) < 4.78 is 16.7. The second-order valence-electron chi connectivity index (χ2n) is 5.17. The minimum atomic E-state index is -0.207. The van der Waals surface area contributed by atoms with Gasteiger partial charge in [-0.2, -0.15) is 0 Å². The van der Waals surface area contributed by atoms with Crippen molar-refractivity contribution < 1.29 is 13.9 Å². The van der Waals surface area contributed by atoms with E-state index < -0.39 is 0 Å². The molecule has 0 radical (unpaired) electrons. The van der Waals surface area contributed by atoms with Gasteiger partial charge in [-0.1, -0.05) is 18.2 Å². The van der Waals surface area contributed by atoms with E-state index >= 15 is 0 Å². The Balaban J connectivity index is 1.98. The molecule has 0 unspecified atom stereocenters. The Hall–Kier alpha value is -2.75. The van der Waals surface area contributed by atoms with E-state index in [0.717, 1.165) is 0 Å². The molecular weight excluding hydrogens is 280 g/mol. The lowest BCUT2D eigenvalue weighted by atomic mass is 10.2. The van der Waals surface area contributed by atoms with Gasteiger partial charge in [-0.05, 0) is 38.1 Å². The van der Waals surface area contributed by atoms with Gasteiger partial charge >= 0.3 is 0 Å². The molecule has 4 nitrogen and oxygen atoms in total. The van der Waals surface area contributed by atoms with Gasteiger partial charge in [-0.25, -0.2) is 0 Å². The van der Waals surface area contributed by atoms with Crippen LogP contribution in [0.2, 0.25) is 0 Å². The van der Waals surface area contributed by atoms with Gasteiger partial charge in [0.1, 0.15) is 23.3 Å². The van der Waals surface area contributed by atoms with Crippen LogP contribution in [0.5, 0.6) is 17.2 Å². The highest BCUT2D eigenvalue weighted by Crippen LogP contribution is 2.24. The Bertz CT molecular complexity index is 835. The van der Waals surface area contributed by atoms with Gasteiger partial charge in [0, 0.05) is 6.07 Å². The van der Waals surface area contributed by atoms with E-state index in [1.165, 1.54) is 6.26 Å². The Morgan fingerprint density at radius 3 is 2.50 bits per heavy atom. The summed E-state index contributed by atoms with van der Waals surface area (Å²) in [5.41, 5.74) is 0.268. The second kappa shape index (κ2) is 5.93. The van der Waals surface area contributed by atoms with Crippen molar-refractivity contribution in [1.82, 2.24) is 0 Å². The minimum absolute atomic E-state index is 0.0601. The molecule has 22 heavy (non-hydrogen) atoms. The Morgan fingerprint density at radius 2 is 1.77 bits per heavy atom. The smallest absolute Gasteiger partial charge is 0.235 e. The monoisotopic (exact) mass is 296 g/mol. The highest BCUT2D eigenvalue weighted by molar-refractivity contribution is 5.79. The first-order valence-corrected chi connectivity index (χ1v) is 7.08. The van der Waals surface area contributed by atoms with E-state index in [4.69, 9.17) is 13.9 Å². The summed E-state index contributed by atoms with van der Waals surface area (Å²) in [5, 5.41) is 0.463. The van der Waals surface area contributed by atoms with Crippen LogP contribution in [0.4, 0.5) is 0 Å². The molecule has 3 rings (SSSR count). The summed E-state index contributed by atoms with van der Waals surface area (Å²) in [6.07, 6.45) is 1.39. The van der Waals surface area contributed by atoms with E-state index in [1.807, 2.05) is 32.0 Å². The zero-order chi connectivity index (χ0) is 15.5. The van der Waals surface area contributed by atoms with Crippen molar-refractivity contribution in [3.05, 3.63) is 65.0 Å². The third-order valence-corrected chi connectivity index (χ3v) is 3.06. The van der Waals surface area contributed by atoms with Crippen LogP contribution in [0.25, 0.3) is 11.0 Å². The zero-order valence-corrected chi connectivity index (χ0v) is 12.4. The molecule has 0 atom stereocenters. The quantitative estimate of drug-likeness (QED) is 0.717. The molecule has 1 heterocycles. The van der Waals surface area contributed by atoms with Crippen LogP contribution in [0.15, 0.2) is 64.0 Å². The predicted octanol–water partition coefficient (Wildman–Crippen LogP) is 4.37. The van der Waals surface area contributed by atoms with Crippen LogP contribution in [-0.4, -0.2) is 6.10 Å². The maximum atomic E-state index is 12.4. The van der Waals surface area contributed by atoms with Crippen LogP contribution in [0.3, 0.4) is 0 Å². The van der Waals surface area contributed by atoms with Crippen molar-refractivity contribution in [1.29, 1.82) is 0 Å². The van der Waals surface area contributed by atoms with E-state index in [0.29, 0.717) is 22.5 Å². The number of hydrogen-bond donors (Lipinski definition) is 0. The molecule has 1 aromatic heterocycles. The molecule has 0 aliphatic carbocycles. The summed E-state index contributed by atoms with van der Waals surface area (Å²) >= 11 is 0. The molecule has 0 fully saturated rings. The van der Waals surface area contributed by atoms with E-state index in [1.54, 1.807) is 30.3 Å². The van der Waals surface area contributed by atoms with Gasteiger partial charge in [0.05, 0.1) is 11.5 Å². The third kappa shape index (κ3) is 2.96. The molecule has 3 aromatic rings. The highest BCUT2D eigenvalue weighted by Gasteiger charge is 2.10. The number of para-hydroxylation sites is 1. The van der Waals surface area contributed by atoms with Crippen LogP contribution >= 0.6 is 0 Å². The topological polar surface area (TPSA) is 48.7 Å². The summed E-state index contributed by atoms with van der Waals surface area (Å²) in [6, 6.07) is 14.3. The molecule has 4 heteroatoms.